The van der Waals surface area contributed by atoms with E-state index in [9.17, 15) is 9.90 Å². The van der Waals surface area contributed by atoms with Crippen molar-refractivity contribution in [1.82, 2.24) is 10.2 Å². The molecule has 0 aromatic heterocycles. The molecule has 1 aromatic rings. The Morgan fingerprint density at radius 2 is 2.16 bits per heavy atom. The van der Waals surface area contributed by atoms with Crippen LogP contribution in [-0.4, -0.2) is 53.9 Å². The quantitative estimate of drug-likeness (QED) is 0.389. The van der Waals surface area contributed by atoms with Gasteiger partial charge in [0.25, 0.3) is 0 Å². The van der Waals surface area contributed by atoms with Crippen LogP contribution in [0.4, 0.5) is 0 Å². The first-order chi connectivity index (χ1) is 15.5. The fraction of sp³-hybridized carbons (Fsp3) is 0.577. The fourth-order valence-electron chi connectivity index (χ4n) is 4.44. The van der Waals surface area contributed by atoms with Crippen LogP contribution in [0.25, 0.3) is 5.70 Å². The van der Waals surface area contributed by atoms with Crippen molar-refractivity contribution in [2.24, 2.45) is 0 Å². The topological polar surface area (TPSA) is 61.8 Å². The van der Waals surface area contributed by atoms with Crippen molar-refractivity contribution in [3.63, 3.8) is 0 Å². The van der Waals surface area contributed by atoms with E-state index in [1.165, 1.54) is 17.7 Å². The van der Waals surface area contributed by atoms with Gasteiger partial charge in [-0.1, -0.05) is 46.5 Å². The molecule has 0 bridgehead atoms. The van der Waals surface area contributed by atoms with Gasteiger partial charge in [-0.25, -0.2) is 0 Å². The molecule has 0 radical (unpaired) electrons. The first kappa shape index (κ1) is 24.8. The molecular weight excluding hydrogens is 419 g/mol. The van der Waals surface area contributed by atoms with Crippen LogP contribution in [-0.2, 0) is 4.79 Å². The lowest BCUT2D eigenvalue weighted by molar-refractivity contribution is -0.128. The number of hydrogen-bond acceptors (Lipinski definition) is 4. The molecule has 2 atom stereocenters. The van der Waals surface area contributed by atoms with Crippen molar-refractivity contribution in [2.75, 3.05) is 32.4 Å². The molecule has 1 saturated heterocycles. The van der Waals surface area contributed by atoms with E-state index < -0.39 is 5.60 Å². The Labute approximate surface area is 195 Å². The number of carbonyl (C=O) groups excluding carboxylic acids is 1. The van der Waals surface area contributed by atoms with Gasteiger partial charge in [0.15, 0.2) is 0 Å². The Morgan fingerprint density at radius 3 is 2.81 bits per heavy atom. The average Bonchev–Trinajstić information content (AvgIpc) is 3.15. The first-order valence-electron chi connectivity index (χ1n) is 12.1. The molecule has 2 unspecified atom stereocenters. The summed E-state index contributed by atoms with van der Waals surface area (Å²) in [4.78, 5) is 13.7. The van der Waals surface area contributed by atoms with Crippen LogP contribution in [0.5, 0.6) is 5.75 Å². The second kappa shape index (κ2) is 12.4. The van der Waals surface area contributed by atoms with Gasteiger partial charge in [-0.05, 0) is 62.4 Å². The number of allylic oxidation sites excluding steroid dienone is 1. The normalized spacial score (nSPS) is 18.0. The molecule has 2 N–H and O–H groups in total. The first-order valence-corrected chi connectivity index (χ1v) is 13.4. The summed E-state index contributed by atoms with van der Waals surface area (Å²) in [6.45, 7) is 8.71. The highest BCUT2D eigenvalue weighted by molar-refractivity contribution is 7.41. The maximum Gasteiger partial charge on any atom is 0.222 e. The molecule has 1 amide bonds. The van der Waals surface area contributed by atoms with Crippen LogP contribution in [0.3, 0.4) is 0 Å². The molecule has 1 heterocycles. The molecule has 1 aromatic carbocycles. The smallest absolute Gasteiger partial charge is 0.222 e. The predicted molar refractivity (Wildman–Crippen MR) is 134 cm³/mol. The molecule has 3 rings (SSSR count). The third-order valence-corrected chi connectivity index (χ3v) is 7.57. The van der Waals surface area contributed by atoms with Gasteiger partial charge in [0, 0.05) is 30.8 Å². The number of nitrogens with zero attached hydrogens (tertiary/aromatic N) is 1. The van der Waals surface area contributed by atoms with Gasteiger partial charge >= 0.3 is 0 Å². The van der Waals surface area contributed by atoms with Gasteiger partial charge in [-0.15, -0.1) is 0 Å². The van der Waals surface area contributed by atoms with E-state index >= 15 is 0 Å². The number of carbonyl (C=O) groups is 1. The van der Waals surface area contributed by atoms with Crippen LogP contribution in [0.2, 0.25) is 0 Å². The molecule has 2 aliphatic rings. The molecule has 2 fully saturated rings. The second-order valence-electron chi connectivity index (χ2n) is 8.93. The fourth-order valence-corrected chi connectivity index (χ4v) is 5.32. The molecule has 6 heteroatoms. The van der Waals surface area contributed by atoms with Gasteiger partial charge in [0.05, 0.1) is 12.1 Å². The zero-order chi connectivity index (χ0) is 22.8. The molecule has 1 aliphatic heterocycles. The van der Waals surface area contributed by atoms with Gasteiger partial charge in [0.2, 0.25) is 5.91 Å². The van der Waals surface area contributed by atoms with Crippen molar-refractivity contribution in [3.05, 3.63) is 47.8 Å². The van der Waals surface area contributed by atoms with Crippen LogP contribution in [0.15, 0.2) is 42.2 Å². The van der Waals surface area contributed by atoms with Gasteiger partial charge < -0.3 is 20.1 Å². The number of amides is 1. The van der Waals surface area contributed by atoms with Crippen molar-refractivity contribution in [3.8, 4) is 5.75 Å². The minimum Gasteiger partial charge on any atom is -0.492 e. The van der Waals surface area contributed by atoms with E-state index in [1.54, 1.807) is 0 Å². The number of rotatable bonds is 14. The number of ether oxygens (including phenoxy) is 1. The van der Waals surface area contributed by atoms with Crippen LogP contribution < -0.4 is 10.1 Å². The lowest BCUT2D eigenvalue weighted by atomic mass is 9.88. The summed E-state index contributed by atoms with van der Waals surface area (Å²) < 4.78 is 5.98. The van der Waals surface area contributed by atoms with Crippen LogP contribution in [0, 0.1) is 0 Å². The second-order valence-corrected chi connectivity index (χ2v) is 10.1. The van der Waals surface area contributed by atoms with Crippen LogP contribution in [0.1, 0.15) is 63.9 Å². The number of benzene rings is 1. The van der Waals surface area contributed by atoms with E-state index in [1.807, 2.05) is 22.8 Å². The Balaban J connectivity index is 1.59. The summed E-state index contributed by atoms with van der Waals surface area (Å²) in [7, 11) is 0.592. The number of likely N-dealkylation sites (tertiary alicyclic amines) is 1. The Morgan fingerprint density at radius 1 is 1.31 bits per heavy atom. The monoisotopic (exact) mass is 458 g/mol. The Bertz CT molecular complexity index is 804. The van der Waals surface area contributed by atoms with Crippen molar-refractivity contribution in [1.29, 1.82) is 0 Å². The van der Waals surface area contributed by atoms with Crippen molar-refractivity contribution in [2.45, 2.75) is 63.9 Å². The number of hydrogen-bond donors (Lipinski definition) is 2. The highest BCUT2D eigenvalue weighted by atomic mass is 31.1. The maximum absolute atomic E-state index is 11.8. The summed E-state index contributed by atoms with van der Waals surface area (Å²) in [5.74, 6) is 2.99. The summed E-state index contributed by atoms with van der Waals surface area (Å²) >= 11 is 0. The third-order valence-electron chi connectivity index (χ3n) is 6.42. The zero-order valence-electron chi connectivity index (χ0n) is 19.5. The maximum atomic E-state index is 11.8. The van der Waals surface area contributed by atoms with E-state index in [0.29, 0.717) is 28.2 Å². The standard InChI is InChI=1S/C26H39N2O3P/c1-3-13-26(30,20-32-4-2)14-15-27-25(21-8-5-9-21)22-10-6-11-23(19-22)31-18-17-28-16-7-12-24(28)29/h4,6,10-11,19,27,30,32H,2-3,5,7-9,12-18,20H2,1H3. The zero-order valence-corrected chi connectivity index (χ0v) is 20.5. The molecule has 1 aliphatic carbocycles. The number of nitrogens with one attached hydrogen (secondary N) is 1. The summed E-state index contributed by atoms with van der Waals surface area (Å²) in [5, 5.41) is 14.7. The highest BCUT2D eigenvalue weighted by Gasteiger charge is 2.25. The SMILES string of the molecule is C=CPCC(O)(CCC)CCNC(=C1CCC1)c1cccc(OCCN2CCCC2=O)c1. The summed E-state index contributed by atoms with van der Waals surface area (Å²) in [5.41, 5.74) is 3.17. The molecule has 176 valence electrons. The Kier molecular flexibility index (Phi) is 9.62. The van der Waals surface area contributed by atoms with E-state index in [4.69, 9.17) is 4.74 Å². The minimum absolute atomic E-state index is 0.236. The summed E-state index contributed by atoms with van der Waals surface area (Å²) in [6.07, 6.45) is 8.44. The Hall–Kier alpha value is -1.84. The molecule has 32 heavy (non-hydrogen) atoms. The molecule has 1 saturated carbocycles. The van der Waals surface area contributed by atoms with Gasteiger partial charge in [0.1, 0.15) is 12.4 Å². The largest absolute Gasteiger partial charge is 0.492 e. The van der Waals surface area contributed by atoms with Crippen LogP contribution >= 0.6 is 8.58 Å². The van der Waals surface area contributed by atoms with Gasteiger partial charge in [-0.3, -0.25) is 4.79 Å². The lowest BCUT2D eigenvalue weighted by Gasteiger charge is -2.29. The molecule has 0 spiro atoms. The van der Waals surface area contributed by atoms with Crippen molar-refractivity contribution >= 4 is 20.2 Å². The minimum atomic E-state index is -0.623. The lowest BCUT2D eigenvalue weighted by Crippen LogP contribution is -2.35. The molecular formula is C26H39N2O3P. The van der Waals surface area contributed by atoms with E-state index in [2.05, 4.69) is 31.0 Å². The third kappa shape index (κ3) is 7.08. The van der Waals surface area contributed by atoms with E-state index in [-0.39, 0.29) is 5.91 Å². The highest BCUT2D eigenvalue weighted by Crippen LogP contribution is 2.34. The van der Waals surface area contributed by atoms with Crippen molar-refractivity contribution < 1.29 is 14.6 Å². The average molecular weight is 459 g/mol. The predicted octanol–water partition coefficient (Wildman–Crippen LogP) is 4.92. The van der Waals surface area contributed by atoms with E-state index in [0.717, 1.165) is 69.1 Å². The van der Waals surface area contributed by atoms with Gasteiger partial charge in [-0.2, -0.15) is 0 Å². The number of aliphatic hydroxyl groups is 1. The summed E-state index contributed by atoms with van der Waals surface area (Å²) in [6, 6.07) is 8.23. The molecule has 5 nitrogen and oxygen atoms in total.